The molecule has 2 rings (SSSR count). The van der Waals surface area contributed by atoms with Gasteiger partial charge < -0.3 is 10.6 Å². The van der Waals surface area contributed by atoms with Crippen LogP contribution in [0.4, 0.5) is 5.69 Å². The fourth-order valence-corrected chi connectivity index (χ4v) is 2.34. The normalized spacial score (nSPS) is 18.6. The van der Waals surface area contributed by atoms with E-state index in [0.29, 0.717) is 5.69 Å². The summed E-state index contributed by atoms with van der Waals surface area (Å²) in [5, 5.41) is 0. The van der Waals surface area contributed by atoms with E-state index in [4.69, 9.17) is 5.73 Å². The Hall–Kier alpha value is -1.63. The molecule has 1 aliphatic heterocycles. The SMILES string of the molecule is CN1C(N)=NS(=O)(=O)c2cnccc21. The Morgan fingerprint density at radius 2 is 2.21 bits per heavy atom. The number of rotatable bonds is 0. The van der Waals surface area contributed by atoms with Gasteiger partial charge in [0, 0.05) is 19.4 Å². The molecule has 2 N–H and O–H groups in total. The second-order valence-corrected chi connectivity index (χ2v) is 4.40. The highest BCUT2D eigenvalue weighted by atomic mass is 32.2. The van der Waals surface area contributed by atoms with Gasteiger partial charge in [-0.05, 0) is 6.07 Å². The minimum Gasteiger partial charge on any atom is -0.369 e. The number of nitrogens with zero attached hydrogens (tertiary/aromatic N) is 3. The largest absolute Gasteiger partial charge is 0.369 e. The third kappa shape index (κ3) is 1.13. The minimum absolute atomic E-state index is 0.0382. The van der Waals surface area contributed by atoms with Gasteiger partial charge in [0.1, 0.15) is 4.90 Å². The standard InChI is InChI=1S/C7H8N4O2S/c1-11-5-2-3-9-4-6(5)14(12,13)10-7(11)8/h2-4H,1H3,(H2,8,10). The third-order valence-corrected chi connectivity index (χ3v) is 3.26. The van der Waals surface area contributed by atoms with Gasteiger partial charge in [-0.15, -0.1) is 4.40 Å². The van der Waals surface area contributed by atoms with Crippen molar-refractivity contribution >= 4 is 21.7 Å². The zero-order valence-corrected chi connectivity index (χ0v) is 8.19. The summed E-state index contributed by atoms with van der Waals surface area (Å²) in [7, 11) is -2.02. The number of fused-ring (bicyclic) bond motifs is 1. The molecule has 0 radical (unpaired) electrons. The molecule has 0 bridgehead atoms. The van der Waals surface area contributed by atoms with Gasteiger partial charge in [0.2, 0.25) is 5.96 Å². The molecule has 1 aromatic rings. The van der Waals surface area contributed by atoms with Gasteiger partial charge in [-0.25, -0.2) is 0 Å². The maximum atomic E-state index is 11.5. The van der Waals surface area contributed by atoms with Crippen LogP contribution in [0.15, 0.2) is 27.8 Å². The first kappa shape index (κ1) is 8.95. The number of pyridine rings is 1. The van der Waals surface area contributed by atoms with Crippen LogP contribution in [0.25, 0.3) is 0 Å². The van der Waals surface area contributed by atoms with Crippen LogP contribution in [0.2, 0.25) is 0 Å². The number of sulfonamides is 1. The first-order chi connectivity index (χ1) is 6.52. The molecule has 1 aliphatic rings. The molecule has 74 valence electrons. The Bertz CT molecular complexity index is 508. The quantitative estimate of drug-likeness (QED) is 0.628. The van der Waals surface area contributed by atoms with E-state index in [1.807, 2.05) is 0 Å². The molecule has 0 aliphatic carbocycles. The average Bonchev–Trinajstić information content (AvgIpc) is 2.14. The zero-order valence-electron chi connectivity index (χ0n) is 7.38. The maximum absolute atomic E-state index is 11.5. The molecule has 0 spiro atoms. The molecule has 6 nitrogen and oxygen atoms in total. The van der Waals surface area contributed by atoms with Crippen molar-refractivity contribution in [3.63, 3.8) is 0 Å². The van der Waals surface area contributed by atoms with Crippen molar-refractivity contribution in [2.24, 2.45) is 10.1 Å². The minimum atomic E-state index is -3.67. The van der Waals surface area contributed by atoms with Gasteiger partial charge in [-0.2, -0.15) is 8.42 Å². The molecule has 7 heteroatoms. The van der Waals surface area contributed by atoms with Crippen LogP contribution < -0.4 is 10.6 Å². The second-order valence-electron chi connectivity index (χ2n) is 2.83. The van der Waals surface area contributed by atoms with Crippen molar-refractivity contribution in [1.29, 1.82) is 0 Å². The number of aromatic nitrogens is 1. The number of anilines is 1. The molecule has 0 aromatic carbocycles. The van der Waals surface area contributed by atoms with Gasteiger partial charge >= 0.3 is 0 Å². The molecule has 0 saturated heterocycles. The Morgan fingerprint density at radius 1 is 1.50 bits per heavy atom. The third-order valence-electron chi connectivity index (χ3n) is 1.96. The lowest BCUT2D eigenvalue weighted by atomic mass is 10.4. The van der Waals surface area contributed by atoms with Gasteiger partial charge in [0.15, 0.2) is 0 Å². The van der Waals surface area contributed by atoms with Crippen molar-refractivity contribution < 1.29 is 8.42 Å². The highest BCUT2D eigenvalue weighted by Gasteiger charge is 2.27. The Kier molecular flexibility index (Phi) is 1.71. The summed E-state index contributed by atoms with van der Waals surface area (Å²) in [6.07, 6.45) is 2.76. The molecule has 0 atom stereocenters. The fraction of sp³-hybridized carbons (Fsp3) is 0.143. The summed E-state index contributed by atoms with van der Waals surface area (Å²) < 4.78 is 26.4. The predicted molar refractivity (Wildman–Crippen MR) is 51.4 cm³/mol. The molecular formula is C7H8N4O2S. The van der Waals surface area contributed by atoms with Crippen LogP contribution in [-0.4, -0.2) is 26.4 Å². The molecule has 0 fully saturated rings. The van der Waals surface area contributed by atoms with Crippen molar-refractivity contribution in [2.45, 2.75) is 4.90 Å². The topological polar surface area (TPSA) is 88.6 Å². The van der Waals surface area contributed by atoms with Crippen molar-refractivity contribution in [3.8, 4) is 0 Å². The zero-order chi connectivity index (χ0) is 10.3. The lowest BCUT2D eigenvalue weighted by Gasteiger charge is -2.23. The van der Waals surface area contributed by atoms with E-state index in [9.17, 15) is 8.42 Å². The van der Waals surface area contributed by atoms with Crippen LogP contribution in [0.3, 0.4) is 0 Å². The van der Waals surface area contributed by atoms with Gasteiger partial charge in [-0.3, -0.25) is 4.98 Å². The summed E-state index contributed by atoms with van der Waals surface area (Å²) in [4.78, 5) is 5.32. The summed E-state index contributed by atoms with van der Waals surface area (Å²) in [6.45, 7) is 0. The highest BCUT2D eigenvalue weighted by Crippen LogP contribution is 2.27. The monoisotopic (exact) mass is 212 g/mol. The molecule has 0 amide bonds. The van der Waals surface area contributed by atoms with Gasteiger partial charge in [-0.1, -0.05) is 0 Å². The Labute approximate surface area is 81.1 Å². The molecule has 0 unspecified atom stereocenters. The van der Waals surface area contributed by atoms with E-state index >= 15 is 0 Å². The lowest BCUT2D eigenvalue weighted by molar-refractivity contribution is 0.596. The molecule has 14 heavy (non-hydrogen) atoms. The van der Waals surface area contributed by atoms with Crippen molar-refractivity contribution in [3.05, 3.63) is 18.5 Å². The second kappa shape index (κ2) is 2.68. The highest BCUT2D eigenvalue weighted by molar-refractivity contribution is 7.90. The molecule has 0 saturated carbocycles. The molecular weight excluding hydrogens is 204 g/mol. The first-order valence-corrected chi connectivity index (χ1v) is 5.24. The van der Waals surface area contributed by atoms with E-state index in [1.54, 1.807) is 13.1 Å². The number of guanidine groups is 1. The number of hydrogen-bond acceptors (Lipinski definition) is 5. The summed E-state index contributed by atoms with van der Waals surface area (Å²) in [5.74, 6) is -0.0382. The van der Waals surface area contributed by atoms with Crippen LogP contribution in [-0.2, 0) is 10.0 Å². The van der Waals surface area contributed by atoms with Crippen molar-refractivity contribution in [2.75, 3.05) is 11.9 Å². The fourth-order valence-electron chi connectivity index (χ4n) is 1.21. The van der Waals surface area contributed by atoms with Crippen LogP contribution in [0.1, 0.15) is 0 Å². The smallest absolute Gasteiger partial charge is 0.289 e. The molecule has 2 heterocycles. The van der Waals surface area contributed by atoms with E-state index in [-0.39, 0.29) is 10.9 Å². The van der Waals surface area contributed by atoms with E-state index in [0.717, 1.165) is 0 Å². The lowest BCUT2D eigenvalue weighted by Crippen LogP contribution is -2.38. The summed E-state index contributed by atoms with van der Waals surface area (Å²) in [5.41, 5.74) is 5.94. The number of hydrogen-bond donors (Lipinski definition) is 1. The van der Waals surface area contributed by atoms with E-state index in [2.05, 4.69) is 9.38 Å². The van der Waals surface area contributed by atoms with Crippen LogP contribution >= 0.6 is 0 Å². The average molecular weight is 212 g/mol. The summed E-state index contributed by atoms with van der Waals surface area (Å²) in [6, 6.07) is 1.58. The van der Waals surface area contributed by atoms with Gasteiger partial charge in [0.25, 0.3) is 10.0 Å². The summed E-state index contributed by atoms with van der Waals surface area (Å²) >= 11 is 0. The Balaban J connectivity index is 2.77. The van der Waals surface area contributed by atoms with E-state index < -0.39 is 10.0 Å². The molecule has 1 aromatic heterocycles. The van der Waals surface area contributed by atoms with Gasteiger partial charge in [0.05, 0.1) is 5.69 Å². The first-order valence-electron chi connectivity index (χ1n) is 3.80. The predicted octanol–water partition coefficient (Wildman–Crippen LogP) is -0.465. The van der Waals surface area contributed by atoms with Crippen LogP contribution in [0, 0.1) is 0 Å². The van der Waals surface area contributed by atoms with Crippen LogP contribution in [0.5, 0.6) is 0 Å². The van der Waals surface area contributed by atoms with Crippen molar-refractivity contribution in [1.82, 2.24) is 4.98 Å². The van der Waals surface area contributed by atoms with E-state index in [1.165, 1.54) is 17.3 Å². The Morgan fingerprint density at radius 3 is 2.93 bits per heavy atom. The maximum Gasteiger partial charge on any atom is 0.289 e. The number of nitrogens with two attached hydrogens (primary N) is 1.